The first-order valence-electron chi connectivity index (χ1n) is 14.8. The predicted octanol–water partition coefficient (Wildman–Crippen LogP) is 3.83. The second kappa shape index (κ2) is 10.1. The Morgan fingerprint density at radius 3 is 2.28 bits per heavy atom. The van der Waals surface area contributed by atoms with E-state index in [-0.39, 0.29) is 53.1 Å². The second-order valence-corrected chi connectivity index (χ2v) is 14.5. The fourth-order valence-corrected chi connectivity index (χ4v) is 9.92. The van der Waals surface area contributed by atoms with E-state index in [4.69, 9.17) is 4.74 Å². The molecule has 4 aliphatic rings. The number of carbonyl (C=O) groups is 2. The highest BCUT2D eigenvalue weighted by Crippen LogP contribution is 2.74. The summed E-state index contributed by atoms with van der Waals surface area (Å²) in [5.74, 6) is -1.47. The van der Waals surface area contributed by atoms with Gasteiger partial charge in [0.2, 0.25) is 0 Å². The Hall–Kier alpha value is -1.48. The van der Waals surface area contributed by atoms with Gasteiger partial charge in [-0.2, -0.15) is 0 Å². The standard InChI is InChI=1S/C31H50O8/c1-16-19-10-13-30(6)26(29(19,5)12-11-21(16)33)22(34)14-20-25(23(39-17(2)32)15-31(20,30)7)18(27(36)37)8-9-24(35)28(3,4)38/h16,19-24,26,33-35,38H,8-15H2,1-7H3,(H,36,37)/t16-,19-,20-,21+,22+,23-,24?,26-,29-,30-,31-/m0/s1. The first kappa shape index (κ1) is 30.5. The zero-order valence-corrected chi connectivity index (χ0v) is 24.7. The molecule has 4 aliphatic carbocycles. The zero-order chi connectivity index (χ0) is 29.3. The molecule has 4 saturated carbocycles. The summed E-state index contributed by atoms with van der Waals surface area (Å²) in [5.41, 5.74) is -1.62. The van der Waals surface area contributed by atoms with Gasteiger partial charge in [-0.25, -0.2) is 4.79 Å². The Balaban J connectivity index is 1.80. The SMILES string of the molecule is CC(=O)O[C@H]1C[C@@]2(C)[C@@H](C[C@@H](O)[C@H]3[C@@]4(C)CC[C@@H](O)[C@@H](C)[C@@H]4CC[C@@]32C)C1=C(CCC(O)C(C)(C)O)C(=O)O. The number of esters is 1. The summed E-state index contributed by atoms with van der Waals surface area (Å²) >= 11 is 0. The fourth-order valence-electron chi connectivity index (χ4n) is 9.92. The Kier molecular flexibility index (Phi) is 7.90. The van der Waals surface area contributed by atoms with E-state index in [0.717, 1.165) is 19.3 Å². The normalized spacial score (nSPS) is 46.0. The minimum atomic E-state index is -1.38. The number of carbonyl (C=O) groups excluding carboxylic acids is 1. The average molecular weight is 551 g/mol. The molecule has 11 atom stereocenters. The predicted molar refractivity (Wildman–Crippen MR) is 145 cm³/mol. The van der Waals surface area contributed by atoms with Crippen LogP contribution in [0.5, 0.6) is 0 Å². The quantitative estimate of drug-likeness (QED) is 0.248. The summed E-state index contributed by atoms with van der Waals surface area (Å²) in [4.78, 5) is 24.9. The molecule has 0 amide bonds. The molecule has 0 aromatic carbocycles. The van der Waals surface area contributed by atoms with Crippen molar-refractivity contribution in [3.63, 3.8) is 0 Å². The van der Waals surface area contributed by atoms with Crippen molar-refractivity contribution in [2.24, 2.45) is 39.9 Å². The first-order valence-corrected chi connectivity index (χ1v) is 14.8. The molecule has 0 radical (unpaired) electrons. The van der Waals surface area contributed by atoms with E-state index in [2.05, 4.69) is 27.7 Å². The molecule has 4 fully saturated rings. The van der Waals surface area contributed by atoms with Gasteiger partial charge in [0.15, 0.2) is 0 Å². The largest absolute Gasteiger partial charge is 0.478 e. The maximum absolute atomic E-state index is 12.7. The van der Waals surface area contributed by atoms with Crippen molar-refractivity contribution in [3.05, 3.63) is 11.1 Å². The average Bonchev–Trinajstić information content (AvgIpc) is 3.07. The smallest absolute Gasteiger partial charge is 0.331 e. The van der Waals surface area contributed by atoms with Crippen LogP contribution in [0.15, 0.2) is 11.1 Å². The van der Waals surface area contributed by atoms with Crippen LogP contribution in [0.3, 0.4) is 0 Å². The van der Waals surface area contributed by atoms with Gasteiger partial charge in [0, 0.05) is 12.5 Å². The third kappa shape index (κ3) is 4.77. The second-order valence-electron chi connectivity index (χ2n) is 14.5. The molecule has 0 aromatic heterocycles. The Labute approximate surface area is 232 Å². The maximum atomic E-state index is 12.7. The van der Waals surface area contributed by atoms with Gasteiger partial charge >= 0.3 is 11.9 Å². The number of carboxylic acids is 1. The number of aliphatic carboxylic acids is 1. The van der Waals surface area contributed by atoms with Crippen LogP contribution < -0.4 is 0 Å². The number of aliphatic hydroxyl groups is 4. The van der Waals surface area contributed by atoms with E-state index < -0.39 is 41.3 Å². The Morgan fingerprint density at radius 1 is 1.08 bits per heavy atom. The van der Waals surface area contributed by atoms with Crippen molar-refractivity contribution < 1.29 is 39.9 Å². The molecular formula is C31H50O8. The van der Waals surface area contributed by atoms with Crippen molar-refractivity contribution in [3.8, 4) is 0 Å². The molecule has 0 saturated heterocycles. The van der Waals surface area contributed by atoms with Crippen LogP contribution in [0.1, 0.15) is 99.8 Å². The van der Waals surface area contributed by atoms with E-state index in [1.807, 2.05) is 0 Å². The molecule has 0 aromatic rings. The lowest BCUT2D eigenvalue weighted by Crippen LogP contribution is -2.65. The van der Waals surface area contributed by atoms with Crippen molar-refractivity contribution in [1.29, 1.82) is 0 Å². The van der Waals surface area contributed by atoms with Gasteiger partial charge in [0.25, 0.3) is 0 Å². The van der Waals surface area contributed by atoms with Gasteiger partial charge in [-0.05, 0) is 111 Å². The summed E-state index contributed by atoms with van der Waals surface area (Å²) in [5, 5.41) is 53.6. The van der Waals surface area contributed by atoms with Crippen LogP contribution in [-0.2, 0) is 14.3 Å². The van der Waals surface area contributed by atoms with Crippen LogP contribution in [0.25, 0.3) is 0 Å². The Bertz CT molecular complexity index is 1010. The van der Waals surface area contributed by atoms with Crippen molar-refractivity contribution in [2.75, 3.05) is 0 Å². The van der Waals surface area contributed by atoms with Crippen molar-refractivity contribution in [2.45, 2.75) is 130 Å². The maximum Gasteiger partial charge on any atom is 0.331 e. The molecule has 8 nitrogen and oxygen atoms in total. The molecule has 8 heteroatoms. The van der Waals surface area contributed by atoms with Crippen molar-refractivity contribution >= 4 is 11.9 Å². The van der Waals surface area contributed by atoms with E-state index in [9.17, 15) is 35.1 Å². The molecule has 5 N–H and O–H groups in total. The summed E-state index contributed by atoms with van der Waals surface area (Å²) in [7, 11) is 0. The third-order valence-electron chi connectivity index (χ3n) is 12.1. The van der Waals surface area contributed by atoms with Crippen LogP contribution in [0, 0.1) is 39.9 Å². The number of aliphatic hydroxyl groups excluding tert-OH is 3. The van der Waals surface area contributed by atoms with E-state index >= 15 is 0 Å². The van der Waals surface area contributed by atoms with Gasteiger partial charge in [-0.1, -0.05) is 27.7 Å². The summed E-state index contributed by atoms with van der Waals surface area (Å²) in [6.45, 7) is 13.2. The van der Waals surface area contributed by atoms with Crippen LogP contribution >= 0.6 is 0 Å². The lowest BCUT2D eigenvalue weighted by molar-refractivity contribution is -0.234. The molecule has 0 spiro atoms. The van der Waals surface area contributed by atoms with Crippen LogP contribution in [0.4, 0.5) is 0 Å². The minimum absolute atomic E-state index is 0.0194. The molecule has 222 valence electrons. The highest BCUT2D eigenvalue weighted by molar-refractivity contribution is 5.88. The molecular weight excluding hydrogens is 500 g/mol. The van der Waals surface area contributed by atoms with Gasteiger partial charge < -0.3 is 30.3 Å². The highest BCUT2D eigenvalue weighted by atomic mass is 16.5. The summed E-state index contributed by atoms with van der Waals surface area (Å²) < 4.78 is 5.82. The topological polar surface area (TPSA) is 145 Å². The minimum Gasteiger partial charge on any atom is -0.478 e. The number of carboxylic acid groups (broad SMARTS) is 1. The van der Waals surface area contributed by atoms with Gasteiger partial charge in [-0.3, -0.25) is 4.79 Å². The van der Waals surface area contributed by atoms with E-state index in [0.29, 0.717) is 30.8 Å². The number of hydrogen-bond acceptors (Lipinski definition) is 7. The van der Waals surface area contributed by atoms with Gasteiger partial charge in [0.1, 0.15) is 6.10 Å². The summed E-state index contributed by atoms with van der Waals surface area (Å²) in [6, 6.07) is 0. The van der Waals surface area contributed by atoms with Crippen LogP contribution in [-0.4, -0.2) is 67.5 Å². The molecule has 1 unspecified atom stereocenters. The lowest BCUT2D eigenvalue weighted by atomic mass is 9.36. The van der Waals surface area contributed by atoms with Crippen LogP contribution in [0.2, 0.25) is 0 Å². The number of hydrogen-bond donors (Lipinski definition) is 5. The van der Waals surface area contributed by atoms with Gasteiger partial charge in [-0.15, -0.1) is 0 Å². The number of rotatable bonds is 6. The third-order valence-corrected chi connectivity index (χ3v) is 12.1. The first-order chi connectivity index (χ1) is 17.9. The molecule has 0 bridgehead atoms. The van der Waals surface area contributed by atoms with Gasteiger partial charge in [0.05, 0.1) is 23.9 Å². The Morgan fingerprint density at radius 2 is 1.72 bits per heavy atom. The molecule has 39 heavy (non-hydrogen) atoms. The highest BCUT2D eigenvalue weighted by Gasteiger charge is 2.70. The zero-order valence-electron chi connectivity index (χ0n) is 24.7. The lowest BCUT2D eigenvalue weighted by Gasteiger charge is -2.69. The molecule has 0 heterocycles. The number of ether oxygens (including phenoxy) is 1. The van der Waals surface area contributed by atoms with E-state index in [1.165, 1.54) is 20.8 Å². The monoisotopic (exact) mass is 550 g/mol. The van der Waals surface area contributed by atoms with E-state index in [1.54, 1.807) is 0 Å². The number of fused-ring (bicyclic) bond motifs is 5. The molecule has 0 aliphatic heterocycles. The fraction of sp³-hybridized carbons (Fsp3) is 0.871. The van der Waals surface area contributed by atoms with Crippen molar-refractivity contribution in [1.82, 2.24) is 0 Å². The molecule has 4 rings (SSSR count). The summed E-state index contributed by atoms with van der Waals surface area (Å²) in [6.07, 6.45) is 1.43.